The van der Waals surface area contributed by atoms with Gasteiger partial charge in [0.05, 0.1) is 6.54 Å². The fourth-order valence-electron chi connectivity index (χ4n) is 2.88. The van der Waals surface area contributed by atoms with Gasteiger partial charge < -0.3 is 11.1 Å². The second-order valence-corrected chi connectivity index (χ2v) is 7.85. The Bertz CT molecular complexity index is 518. The van der Waals surface area contributed by atoms with Crippen molar-refractivity contribution in [3.05, 3.63) is 29.8 Å². The standard InChI is InChI=1S/C18H29N3O/c1-17(2,3)14-5-7-15(8-6-14)20-16(22)11-21-10-9-18(4,12-19)13-21/h5-8H,9-13,19H2,1-4H3,(H,20,22). The van der Waals surface area contributed by atoms with Crippen LogP contribution in [0.25, 0.3) is 0 Å². The number of nitrogens with zero attached hydrogens (tertiary/aromatic N) is 1. The normalized spacial score (nSPS) is 22.8. The summed E-state index contributed by atoms with van der Waals surface area (Å²) in [7, 11) is 0. The van der Waals surface area contributed by atoms with E-state index in [9.17, 15) is 4.79 Å². The molecule has 3 N–H and O–H groups in total. The van der Waals surface area contributed by atoms with Crippen molar-refractivity contribution >= 4 is 11.6 Å². The van der Waals surface area contributed by atoms with Gasteiger partial charge in [-0.3, -0.25) is 9.69 Å². The van der Waals surface area contributed by atoms with Crippen LogP contribution in [-0.4, -0.2) is 37.0 Å². The first kappa shape index (κ1) is 17.0. The van der Waals surface area contributed by atoms with Crippen LogP contribution >= 0.6 is 0 Å². The van der Waals surface area contributed by atoms with Crippen LogP contribution < -0.4 is 11.1 Å². The smallest absolute Gasteiger partial charge is 0.238 e. The summed E-state index contributed by atoms with van der Waals surface area (Å²) >= 11 is 0. The lowest BCUT2D eigenvalue weighted by Gasteiger charge is -2.22. The van der Waals surface area contributed by atoms with Crippen LogP contribution in [0.4, 0.5) is 5.69 Å². The van der Waals surface area contributed by atoms with E-state index in [1.807, 2.05) is 12.1 Å². The van der Waals surface area contributed by atoms with E-state index in [0.29, 0.717) is 13.1 Å². The molecule has 1 aromatic rings. The largest absolute Gasteiger partial charge is 0.330 e. The molecular weight excluding hydrogens is 274 g/mol. The molecule has 1 aliphatic rings. The summed E-state index contributed by atoms with van der Waals surface area (Å²) in [5, 5.41) is 2.98. The molecule has 0 spiro atoms. The van der Waals surface area contributed by atoms with Gasteiger partial charge >= 0.3 is 0 Å². The van der Waals surface area contributed by atoms with Gasteiger partial charge in [0.15, 0.2) is 0 Å². The van der Waals surface area contributed by atoms with Gasteiger partial charge in [0.2, 0.25) is 5.91 Å². The van der Waals surface area contributed by atoms with Crippen LogP contribution in [0.1, 0.15) is 39.7 Å². The summed E-state index contributed by atoms with van der Waals surface area (Å²) in [6.07, 6.45) is 1.07. The highest BCUT2D eigenvalue weighted by molar-refractivity contribution is 5.92. The summed E-state index contributed by atoms with van der Waals surface area (Å²) in [6, 6.07) is 8.12. The molecule has 0 aliphatic carbocycles. The predicted molar refractivity (Wildman–Crippen MR) is 92.0 cm³/mol. The van der Waals surface area contributed by atoms with Crippen LogP contribution in [0.3, 0.4) is 0 Å². The summed E-state index contributed by atoms with van der Waals surface area (Å²) in [5.74, 6) is 0.0461. The second-order valence-electron chi connectivity index (χ2n) is 7.85. The van der Waals surface area contributed by atoms with Crippen LogP contribution in [0.5, 0.6) is 0 Å². The SMILES string of the molecule is CC1(CN)CCN(CC(=O)Nc2ccc(C(C)(C)C)cc2)C1. The number of likely N-dealkylation sites (tertiary alicyclic amines) is 1. The van der Waals surface area contributed by atoms with E-state index in [4.69, 9.17) is 5.73 Å². The minimum atomic E-state index is 0.0461. The van der Waals surface area contributed by atoms with E-state index in [-0.39, 0.29) is 16.7 Å². The number of hydrogen-bond donors (Lipinski definition) is 2. The molecule has 0 bridgehead atoms. The van der Waals surface area contributed by atoms with E-state index in [1.54, 1.807) is 0 Å². The van der Waals surface area contributed by atoms with Gasteiger partial charge in [-0.1, -0.05) is 39.8 Å². The highest BCUT2D eigenvalue weighted by Gasteiger charge is 2.33. The summed E-state index contributed by atoms with van der Waals surface area (Å²) in [6.45, 7) is 11.7. The molecule has 4 nitrogen and oxygen atoms in total. The molecule has 4 heteroatoms. The van der Waals surface area contributed by atoms with Crippen molar-refractivity contribution in [3.8, 4) is 0 Å². The van der Waals surface area contributed by atoms with Crippen molar-refractivity contribution in [1.82, 2.24) is 4.90 Å². The van der Waals surface area contributed by atoms with Crippen molar-refractivity contribution in [2.45, 2.75) is 39.5 Å². The van der Waals surface area contributed by atoms with Gasteiger partial charge in [0.1, 0.15) is 0 Å². The molecule has 1 fully saturated rings. The number of hydrogen-bond acceptors (Lipinski definition) is 3. The molecule has 1 heterocycles. The molecule has 1 aliphatic heterocycles. The molecule has 1 atom stereocenters. The van der Waals surface area contributed by atoms with Crippen molar-refractivity contribution in [2.24, 2.45) is 11.1 Å². The Morgan fingerprint density at radius 2 is 1.95 bits per heavy atom. The van der Waals surface area contributed by atoms with E-state index in [2.05, 4.69) is 50.0 Å². The lowest BCUT2D eigenvalue weighted by atomic mass is 9.87. The molecule has 1 amide bonds. The maximum Gasteiger partial charge on any atom is 0.238 e. The Hall–Kier alpha value is -1.39. The highest BCUT2D eigenvalue weighted by Crippen LogP contribution is 2.28. The number of benzene rings is 1. The zero-order valence-electron chi connectivity index (χ0n) is 14.3. The lowest BCUT2D eigenvalue weighted by molar-refractivity contribution is -0.117. The number of carbonyl (C=O) groups excluding carboxylic acids is 1. The second kappa shape index (κ2) is 6.39. The lowest BCUT2D eigenvalue weighted by Crippen LogP contribution is -2.35. The van der Waals surface area contributed by atoms with E-state index in [0.717, 1.165) is 25.2 Å². The number of anilines is 1. The van der Waals surface area contributed by atoms with Gasteiger partial charge in [-0.15, -0.1) is 0 Å². The third-order valence-corrected chi connectivity index (χ3v) is 4.53. The Kier molecular flexibility index (Phi) is 4.93. The number of amides is 1. The van der Waals surface area contributed by atoms with E-state index in [1.165, 1.54) is 5.56 Å². The van der Waals surface area contributed by atoms with Crippen LogP contribution in [0.2, 0.25) is 0 Å². The number of nitrogens with two attached hydrogens (primary N) is 1. The molecule has 0 aromatic heterocycles. The first-order valence-electron chi connectivity index (χ1n) is 8.05. The minimum absolute atomic E-state index is 0.0461. The van der Waals surface area contributed by atoms with Crippen LogP contribution in [-0.2, 0) is 10.2 Å². The molecule has 1 saturated heterocycles. The Labute approximate surface area is 134 Å². The zero-order chi connectivity index (χ0) is 16.4. The average Bonchev–Trinajstić information content (AvgIpc) is 2.80. The highest BCUT2D eigenvalue weighted by atomic mass is 16.2. The maximum absolute atomic E-state index is 12.2. The Balaban J connectivity index is 1.88. The molecule has 22 heavy (non-hydrogen) atoms. The number of nitrogens with one attached hydrogen (secondary N) is 1. The molecule has 1 aromatic carbocycles. The van der Waals surface area contributed by atoms with Crippen molar-refractivity contribution in [3.63, 3.8) is 0 Å². The van der Waals surface area contributed by atoms with Gasteiger partial charge in [-0.05, 0) is 48.0 Å². The molecule has 0 radical (unpaired) electrons. The van der Waals surface area contributed by atoms with Gasteiger partial charge in [0, 0.05) is 12.2 Å². The van der Waals surface area contributed by atoms with Crippen LogP contribution in [0, 0.1) is 5.41 Å². The van der Waals surface area contributed by atoms with Gasteiger partial charge in [-0.25, -0.2) is 0 Å². The minimum Gasteiger partial charge on any atom is -0.330 e. The maximum atomic E-state index is 12.2. The van der Waals surface area contributed by atoms with E-state index < -0.39 is 0 Å². The first-order chi connectivity index (χ1) is 10.2. The number of rotatable bonds is 4. The van der Waals surface area contributed by atoms with E-state index >= 15 is 0 Å². The fourth-order valence-corrected chi connectivity index (χ4v) is 2.88. The van der Waals surface area contributed by atoms with Gasteiger partial charge in [0.25, 0.3) is 0 Å². The van der Waals surface area contributed by atoms with Gasteiger partial charge in [-0.2, -0.15) is 0 Å². The van der Waals surface area contributed by atoms with Crippen molar-refractivity contribution in [1.29, 1.82) is 0 Å². The molecule has 2 rings (SSSR count). The third kappa shape index (κ3) is 4.31. The van der Waals surface area contributed by atoms with Crippen LogP contribution in [0.15, 0.2) is 24.3 Å². The molecule has 122 valence electrons. The van der Waals surface area contributed by atoms with Crippen molar-refractivity contribution in [2.75, 3.05) is 31.5 Å². The third-order valence-electron chi connectivity index (χ3n) is 4.53. The summed E-state index contributed by atoms with van der Waals surface area (Å²) < 4.78 is 0. The summed E-state index contributed by atoms with van der Waals surface area (Å²) in [4.78, 5) is 14.4. The Morgan fingerprint density at radius 3 is 2.45 bits per heavy atom. The fraction of sp³-hybridized carbons (Fsp3) is 0.611. The zero-order valence-corrected chi connectivity index (χ0v) is 14.3. The molecule has 1 unspecified atom stereocenters. The average molecular weight is 303 g/mol. The Morgan fingerprint density at radius 1 is 1.32 bits per heavy atom. The monoisotopic (exact) mass is 303 g/mol. The first-order valence-corrected chi connectivity index (χ1v) is 8.05. The molecule has 0 saturated carbocycles. The predicted octanol–water partition coefficient (Wildman–Crippen LogP) is 2.59. The van der Waals surface area contributed by atoms with Crippen molar-refractivity contribution < 1.29 is 4.79 Å². The quantitative estimate of drug-likeness (QED) is 0.899. The summed E-state index contributed by atoms with van der Waals surface area (Å²) in [5.41, 5.74) is 8.23. The topological polar surface area (TPSA) is 58.4 Å². The molecular formula is C18H29N3O. The number of carbonyl (C=O) groups is 1.